The van der Waals surface area contributed by atoms with Gasteiger partial charge in [-0.05, 0) is 68.1 Å². The number of aryl methyl sites for hydroxylation is 2. The van der Waals surface area contributed by atoms with Crippen LogP contribution in [0.3, 0.4) is 0 Å². The molecule has 0 aliphatic carbocycles. The Balaban J connectivity index is 2.41. The molecule has 0 heterocycles. The number of hydrogen-bond acceptors (Lipinski definition) is 2. The molecule has 0 saturated carbocycles. The van der Waals surface area contributed by atoms with Crippen molar-refractivity contribution < 1.29 is 9.84 Å². The first-order valence-electron chi connectivity index (χ1n) is 6.03. The minimum Gasteiger partial charge on any atom is -0.507 e. The van der Waals surface area contributed by atoms with E-state index >= 15 is 0 Å². The van der Waals surface area contributed by atoms with E-state index in [0.717, 1.165) is 33.8 Å². The molecule has 94 valence electrons. The molecule has 0 atom stereocenters. The van der Waals surface area contributed by atoms with Gasteiger partial charge in [0.25, 0.3) is 0 Å². The molecule has 2 nitrogen and oxygen atoms in total. The summed E-state index contributed by atoms with van der Waals surface area (Å²) >= 11 is 0. The van der Waals surface area contributed by atoms with Crippen LogP contribution >= 0.6 is 0 Å². The Labute approximate surface area is 108 Å². The standard InChI is InChI=1S/C16H18O2/c1-10-6-5-7-14(8-10)18-15-9-11(2)16(17)13(4)12(15)3/h5-9,17H,1-4H3. The number of rotatable bonds is 2. The zero-order valence-corrected chi connectivity index (χ0v) is 11.2. The highest BCUT2D eigenvalue weighted by Gasteiger charge is 2.10. The van der Waals surface area contributed by atoms with Crippen LogP contribution in [0.4, 0.5) is 0 Å². The summed E-state index contributed by atoms with van der Waals surface area (Å²) in [6.07, 6.45) is 0. The zero-order chi connectivity index (χ0) is 13.3. The molecule has 1 N–H and O–H groups in total. The van der Waals surface area contributed by atoms with Gasteiger partial charge in [0.05, 0.1) is 0 Å². The van der Waals surface area contributed by atoms with E-state index in [2.05, 4.69) is 0 Å². The first-order valence-corrected chi connectivity index (χ1v) is 6.03. The van der Waals surface area contributed by atoms with Gasteiger partial charge in [-0.1, -0.05) is 12.1 Å². The lowest BCUT2D eigenvalue weighted by atomic mass is 10.0. The van der Waals surface area contributed by atoms with Crippen LogP contribution in [-0.4, -0.2) is 5.11 Å². The molecule has 0 radical (unpaired) electrons. The van der Waals surface area contributed by atoms with Crippen molar-refractivity contribution in [3.63, 3.8) is 0 Å². The molecule has 2 aromatic rings. The van der Waals surface area contributed by atoms with Crippen molar-refractivity contribution in [2.45, 2.75) is 27.7 Å². The second-order valence-electron chi connectivity index (χ2n) is 4.71. The van der Waals surface area contributed by atoms with Gasteiger partial charge in [0.2, 0.25) is 0 Å². The summed E-state index contributed by atoms with van der Waals surface area (Å²) in [5.41, 5.74) is 3.84. The quantitative estimate of drug-likeness (QED) is 0.844. The van der Waals surface area contributed by atoms with E-state index in [1.807, 2.05) is 58.0 Å². The molecule has 2 heteroatoms. The highest BCUT2D eigenvalue weighted by molar-refractivity contribution is 5.52. The molecule has 0 saturated heterocycles. The summed E-state index contributed by atoms with van der Waals surface area (Å²) in [4.78, 5) is 0. The number of phenols is 1. The third-order valence-corrected chi connectivity index (χ3v) is 3.23. The molecule has 2 rings (SSSR count). The van der Waals surface area contributed by atoms with Crippen LogP contribution in [0, 0.1) is 27.7 Å². The predicted octanol–water partition coefficient (Wildman–Crippen LogP) is 4.42. The number of phenolic OH excluding ortho intramolecular Hbond substituents is 1. The van der Waals surface area contributed by atoms with Crippen LogP contribution < -0.4 is 4.74 Å². The van der Waals surface area contributed by atoms with Crippen LogP contribution in [-0.2, 0) is 0 Å². The Morgan fingerprint density at radius 2 is 1.67 bits per heavy atom. The van der Waals surface area contributed by atoms with E-state index in [4.69, 9.17) is 4.74 Å². The molecule has 0 bridgehead atoms. The number of ether oxygens (including phenoxy) is 1. The highest BCUT2D eigenvalue weighted by atomic mass is 16.5. The van der Waals surface area contributed by atoms with Crippen molar-refractivity contribution in [1.82, 2.24) is 0 Å². The topological polar surface area (TPSA) is 29.5 Å². The summed E-state index contributed by atoms with van der Waals surface area (Å²) in [5.74, 6) is 1.97. The SMILES string of the molecule is Cc1cccc(Oc2cc(C)c(O)c(C)c2C)c1. The van der Waals surface area contributed by atoms with Crippen molar-refractivity contribution in [1.29, 1.82) is 0 Å². The van der Waals surface area contributed by atoms with Gasteiger partial charge in [0.1, 0.15) is 17.2 Å². The van der Waals surface area contributed by atoms with E-state index in [0.29, 0.717) is 5.75 Å². The van der Waals surface area contributed by atoms with E-state index in [1.165, 1.54) is 0 Å². The predicted molar refractivity (Wildman–Crippen MR) is 73.6 cm³/mol. The van der Waals surface area contributed by atoms with Gasteiger partial charge in [-0.25, -0.2) is 0 Å². The smallest absolute Gasteiger partial charge is 0.131 e. The average molecular weight is 242 g/mol. The van der Waals surface area contributed by atoms with Gasteiger partial charge in [-0.15, -0.1) is 0 Å². The van der Waals surface area contributed by atoms with Gasteiger partial charge in [-0.2, -0.15) is 0 Å². The molecule has 18 heavy (non-hydrogen) atoms. The second kappa shape index (κ2) is 4.73. The molecule has 0 unspecified atom stereocenters. The minimum absolute atomic E-state index is 0.351. The lowest BCUT2D eigenvalue weighted by Gasteiger charge is -2.14. The molecule has 0 amide bonds. The fourth-order valence-electron chi connectivity index (χ4n) is 1.94. The van der Waals surface area contributed by atoms with Crippen molar-refractivity contribution in [3.8, 4) is 17.2 Å². The van der Waals surface area contributed by atoms with E-state index in [9.17, 15) is 5.11 Å². The largest absolute Gasteiger partial charge is 0.507 e. The van der Waals surface area contributed by atoms with Crippen molar-refractivity contribution in [2.75, 3.05) is 0 Å². The summed E-state index contributed by atoms with van der Waals surface area (Å²) < 4.78 is 5.90. The minimum atomic E-state index is 0.351. The molecule has 0 spiro atoms. The maximum atomic E-state index is 9.87. The zero-order valence-electron chi connectivity index (χ0n) is 11.2. The molecule has 0 aromatic heterocycles. The highest BCUT2D eigenvalue weighted by Crippen LogP contribution is 2.34. The Morgan fingerprint density at radius 3 is 2.33 bits per heavy atom. The molecule has 0 aliphatic rings. The first-order chi connectivity index (χ1) is 8.49. The van der Waals surface area contributed by atoms with E-state index in [-0.39, 0.29) is 0 Å². The number of aromatic hydroxyl groups is 1. The lowest BCUT2D eigenvalue weighted by Crippen LogP contribution is -1.93. The van der Waals surface area contributed by atoms with Gasteiger partial charge >= 0.3 is 0 Å². The molecule has 2 aromatic carbocycles. The summed E-state index contributed by atoms with van der Waals surface area (Å²) in [7, 11) is 0. The van der Waals surface area contributed by atoms with Gasteiger partial charge < -0.3 is 9.84 Å². The third-order valence-electron chi connectivity index (χ3n) is 3.23. The fourth-order valence-corrected chi connectivity index (χ4v) is 1.94. The van der Waals surface area contributed by atoms with Crippen LogP contribution in [0.25, 0.3) is 0 Å². The van der Waals surface area contributed by atoms with Crippen molar-refractivity contribution in [3.05, 3.63) is 52.6 Å². The normalized spacial score (nSPS) is 10.4. The maximum Gasteiger partial charge on any atom is 0.131 e. The lowest BCUT2D eigenvalue weighted by molar-refractivity contribution is 0.453. The summed E-state index contributed by atoms with van der Waals surface area (Å²) in [5, 5.41) is 9.87. The summed E-state index contributed by atoms with van der Waals surface area (Å²) in [6, 6.07) is 9.81. The molecular formula is C16H18O2. The Bertz CT molecular complexity index is 586. The van der Waals surface area contributed by atoms with Crippen molar-refractivity contribution >= 4 is 0 Å². The van der Waals surface area contributed by atoms with Crippen LogP contribution in [0.5, 0.6) is 17.2 Å². The maximum absolute atomic E-state index is 9.87. The van der Waals surface area contributed by atoms with Gasteiger partial charge in [0, 0.05) is 0 Å². The number of benzene rings is 2. The number of hydrogen-bond donors (Lipinski definition) is 1. The Kier molecular flexibility index (Phi) is 3.28. The Hall–Kier alpha value is -1.96. The fraction of sp³-hybridized carbons (Fsp3) is 0.250. The molecule has 0 aliphatic heterocycles. The first kappa shape index (κ1) is 12.5. The van der Waals surface area contributed by atoms with Crippen LogP contribution in [0.2, 0.25) is 0 Å². The Morgan fingerprint density at radius 1 is 0.944 bits per heavy atom. The van der Waals surface area contributed by atoms with E-state index < -0.39 is 0 Å². The molecular weight excluding hydrogens is 224 g/mol. The van der Waals surface area contributed by atoms with Gasteiger partial charge in [0.15, 0.2) is 0 Å². The summed E-state index contributed by atoms with van der Waals surface area (Å²) in [6.45, 7) is 7.78. The monoisotopic (exact) mass is 242 g/mol. The molecule has 0 fully saturated rings. The van der Waals surface area contributed by atoms with Crippen molar-refractivity contribution in [2.24, 2.45) is 0 Å². The van der Waals surface area contributed by atoms with Crippen LogP contribution in [0.15, 0.2) is 30.3 Å². The average Bonchev–Trinajstić information content (AvgIpc) is 2.33. The van der Waals surface area contributed by atoms with E-state index in [1.54, 1.807) is 0 Å². The third kappa shape index (κ3) is 2.33. The van der Waals surface area contributed by atoms with Gasteiger partial charge in [-0.3, -0.25) is 0 Å². The second-order valence-corrected chi connectivity index (χ2v) is 4.71. The van der Waals surface area contributed by atoms with Crippen LogP contribution in [0.1, 0.15) is 22.3 Å².